The van der Waals surface area contributed by atoms with Crippen LogP contribution in [0.4, 0.5) is 4.79 Å². The van der Waals surface area contributed by atoms with Crippen LogP contribution < -0.4 is 5.32 Å². The van der Waals surface area contributed by atoms with Crippen molar-refractivity contribution in [2.45, 2.75) is 65.1 Å². The van der Waals surface area contributed by atoms with Crippen LogP contribution >= 0.6 is 0 Å². The van der Waals surface area contributed by atoms with Crippen molar-refractivity contribution in [3.05, 3.63) is 0 Å². The molecule has 0 aromatic heterocycles. The SMILES string of the molecule is CC(C)(C)OC1CC(CCNC(=O)N2CCC(C)(C(=O)O)C2)C1. The molecule has 2 fully saturated rings. The zero-order valence-corrected chi connectivity index (χ0v) is 14.7. The van der Waals surface area contributed by atoms with E-state index in [-0.39, 0.29) is 11.6 Å². The number of likely N-dealkylation sites (tertiary alicyclic amines) is 1. The van der Waals surface area contributed by atoms with Gasteiger partial charge < -0.3 is 20.1 Å². The van der Waals surface area contributed by atoms with Crippen LogP contribution in [0.15, 0.2) is 0 Å². The first kappa shape index (κ1) is 18.0. The van der Waals surface area contributed by atoms with Crippen molar-refractivity contribution >= 4 is 12.0 Å². The molecule has 2 N–H and O–H groups in total. The quantitative estimate of drug-likeness (QED) is 0.813. The summed E-state index contributed by atoms with van der Waals surface area (Å²) in [5.74, 6) is -0.210. The minimum absolute atomic E-state index is 0.0869. The van der Waals surface area contributed by atoms with E-state index in [1.165, 1.54) is 0 Å². The summed E-state index contributed by atoms with van der Waals surface area (Å²) >= 11 is 0. The lowest BCUT2D eigenvalue weighted by Gasteiger charge is -2.39. The Bertz CT molecular complexity index is 454. The molecule has 0 aromatic carbocycles. The fraction of sp³-hybridized carbons (Fsp3) is 0.882. The van der Waals surface area contributed by atoms with E-state index in [0.29, 0.717) is 38.1 Å². The topological polar surface area (TPSA) is 78.9 Å². The van der Waals surface area contributed by atoms with Gasteiger partial charge in [-0.05, 0) is 59.3 Å². The standard InChI is InChI=1S/C17H30N2O4/c1-16(2,3)23-13-9-12(10-13)5-7-18-15(22)19-8-6-17(4,11-19)14(20)21/h12-13H,5-11H2,1-4H3,(H,18,22)(H,20,21). The molecule has 1 heterocycles. The van der Waals surface area contributed by atoms with E-state index in [2.05, 4.69) is 26.1 Å². The summed E-state index contributed by atoms with van der Waals surface area (Å²) in [7, 11) is 0. The van der Waals surface area contributed by atoms with Crippen LogP contribution in [-0.2, 0) is 9.53 Å². The number of nitrogens with one attached hydrogen (secondary N) is 1. The Labute approximate surface area is 138 Å². The largest absolute Gasteiger partial charge is 0.481 e. The maximum Gasteiger partial charge on any atom is 0.317 e. The summed E-state index contributed by atoms with van der Waals surface area (Å²) in [6, 6.07) is -0.142. The van der Waals surface area contributed by atoms with Gasteiger partial charge in [0, 0.05) is 19.6 Å². The van der Waals surface area contributed by atoms with E-state index in [0.717, 1.165) is 19.3 Å². The summed E-state index contributed by atoms with van der Waals surface area (Å²) in [6.07, 6.45) is 3.96. The Morgan fingerprint density at radius 1 is 1.35 bits per heavy atom. The monoisotopic (exact) mass is 326 g/mol. The molecule has 1 saturated carbocycles. The predicted molar refractivity (Wildman–Crippen MR) is 87.3 cm³/mol. The normalized spacial score (nSPS) is 30.9. The molecule has 1 saturated heterocycles. The fourth-order valence-electron chi connectivity index (χ4n) is 3.31. The van der Waals surface area contributed by atoms with Crippen molar-refractivity contribution in [3.8, 4) is 0 Å². The summed E-state index contributed by atoms with van der Waals surface area (Å²) in [6.45, 7) is 9.36. The lowest BCUT2D eigenvalue weighted by Crippen LogP contribution is -2.43. The summed E-state index contributed by atoms with van der Waals surface area (Å²) in [5, 5.41) is 12.1. The number of carboxylic acids is 1. The van der Waals surface area contributed by atoms with Gasteiger partial charge in [0.25, 0.3) is 0 Å². The number of ether oxygens (including phenoxy) is 1. The van der Waals surface area contributed by atoms with E-state index in [9.17, 15) is 14.7 Å². The van der Waals surface area contributed by atoms with Crippen molar-refractivity contribution in [2.24, 2.45) is 11.3 Å². The molecule has 0 bridgehead atoms. The minimum Gasteiger partial charge on any atom is -0.481 e. The van der Waals surface area contributed by atoms with E-state index < -0.39 is 11.4 Å². The Kier molecular flexibility index (Phi) is 5.23. The fourth-order valence-corrected chi connectivity index (χ4v) is 3.31. The average molecular weight is 326 g/mol. The number of rotatable bonds is 5. The number of urea groups is 1. The number of aliphatic carboxylic acids is 1. The van der Waals surface area contributed by atoms with Crippen LogP contribution in [0, 0.1) is 11.3 Å². The van der Waals surface area contributed by atoms with Gasteiger partial charge in [-0.2, -0.15) is 0 Å². The highest BCUT2D eigenvalue weighted by Gasteiger charge is 2.42. The van der Waals surface area contributed by atoms with Gasteiger partial charge in [0.05, 0.1) is 17.1 Å². The van der Waals surface area contributed by atoms with Gasteiger partial charge in [-0.15, -0.1) is 0 Å². The van der Waals surface area contributed by atoms with E-state index in [1.807, 2.05) is 0 Å². The molecule has 132 valence electrons. The molecule has 1 unspecified atom stereocenters. The molecular weight excluding hydrogens is 296 g/mol. The Morgan fingerprint density at radius 3 is 2.52 bits per heavy atom. The van der Waals surface area contributed by atoms with Crippen molar-refractivity contribution in [1.82, 2.24) is 10.2 Å². The smallest absolute Gasteiger partial charge is 0.317 e. The van der Waals surface area contributed by atoms with Crippen LogP contribution in [0.3, 0.4) is 0 Å². The second-order valence-electron chi connectivity index (χ2n) is 8.25. The number of carboxylic acid groups (broad SMARTS) is 1. The molecular formula is C17H30N2O4. The van der Waals surface area contributed by atoms with Gasteiger partial charge in [0.15, 0.2) is 0 Å². The van der Waals surface area contributed by atoms with Crippen LogP contribution in [0.25, 0.3) is 0 Å². The van der Waals surface area contributed by atoms with Gasteiger partial charge in [0.2, 0.25) is 0 Å². The van der Waals surface area contributed by atoms with Crippen molar-refractivity contribution < 1.29 is 19.4 Å². The van der Waals surface area contributed by atoms with Crippen LogP contribution in [0.2, 0.25) is 0 Å². The third-order valence-electron chi connectivity index (χ3n) is 4.82. The third kappa shape index (κ3) is 4.83. The second kappa shape index (κ2) is 6.67. The molecule has 2 rings (SSSR count). The summed E-state index contributed by atoms with van der Waals surface area (Å²) in [5.41, 5.74) is -0.890. The number of amides is 2. The highest BCUT2D eigenvalue weighted by molar-refractivity contribution is 5.79. The highest BCUT2D eigenvalue weighted by Crippen LogP contribution is 2.35. The summed E-state index contributed by atoms with van der Waals surface area (Å²) in [4.78, 5) is 24.9. The Hall–Kier alpha value is -1.30. The number of carbonyl (C=O) groups excluding carboxylic acids is 1. The first-order chi connectivity index (χ1) is 10.6. The molecule has 6 nitrogen and oxygen atoms in total. The van der Waals surface area contributed by atoms with E-state index in [1.54, 1.807) is 11.8 Å². The highest BCUT2D eigenvalue weighted by atomic mass is 16.5. The summed E-state index contributed by atoms with van der Waals surface area (Å²) < 4.78 is 5.91. The molecule has 0 spiro atoms. The van der Waals surface area contributed by atoms with Crippen molar-refractivity contribution in [1.29, 1.82) is 0 Å². The van der Waals surface area contributed by atoms with Crippen molar-refractivity contribution in [2.75, 3.05) is 19.6 Å². The van der Waals surface area contributed by atoms with Crippen LogP contribution in [0.5, 0.6) is 0 Å². The molecule has 0 radical (unpaired) electrons. The number of nitrogens with zero attached hydrogens (tertiary/aromatic N) is 1. The third-order valence-corrected chi connectivity index (χ3v) is 4.82. The zero-order chi connectivity index (χ0) is 17.3. The second-order valence-corrected chi connectivity index (χ2v) is 8.25. The molecule has 0 aromatic rings. The maximum atomic E-state index is 12.1. The first-order valence-electron chi connectivity index (χ1n) is 8.53. The molecule has 1 aliphatic heterocycles. The zero-order valence-electron chi connectivity index (χ0n) is 14.7. The molecule has 2 amide bonds. The van der Waals surface area contributed by atoms with Gasteiger partial charge in [0.1, 0.15) is 0 Å². The average Bonchev–Trinajstić information content (AvgIpc) is 2.78. The van der Waals surface area contributed by atoms with E-state index in [4.69, 9.17) is 4.74 Å². The lowest BCUT2D eigenvalue weighted by atomic mass is 9.79. The van der Waals surface area contributed by atoms with Crippen LogP contribution in [-0.4, -0.2) is 53.3 Å². The minimum atomic E-state index is -0.827. The molecule has 1 atom stereocenters. The molecule has 1 aliphatic carbocycles. The van der Waals surface area contributed by atoms with Crippen LogP contribution in [0.1, 0.15) is 53.4 Å². The van der Waals surface area contributed by atoms with Gasteiger partial charge in [-0.3, -0.25) is 4.79 Å². The number of carbonyl (C=O) groups is 2. The van der Waals surface area contributed by atoms with Crippen molar-refractivity contribution in [3.63, 3.8) is 0 Å². The first-order valence-corrected chi connectivity index (χ1v) is 8.53. The molecule has 23 heavy (non-hydrogen) atoms. The Morgan fingerprint density at radius 2 is 2.00 bits per heavy atom. The number of hydrogen-bond donors (Lipinski definition) is 2. The van der Waals surface area contributed by atoms with Gasteiger partial charge in [-0.1, -0.05) is 0 Å². The van der Waals surface area contributed by atoms with Gasteiger partial charge >= 0.3 is 12.0 Å². The molecule has 2 aliphatic rings. The van der Waals surface area contributed by atoms with Gasteiger partial charge in [-0.25, -0.2) is 4.79 Å². The lowest BCUT2D eigenvalue weighted by molar-refractivity contribution is -0.147. The predicted octanol–water partition coefficient (Wildman–Crippen LogP) is 2.48. The number of hydrogen-bond acceptors (Lipinski definition) is 3. The molecule has 6 heteroatoms. The van der Waals surface area contributed by atoms with E-state index >= 15 is 0 Å². The maximum absolute atomic E-state index is 12.1. The Balaban J connectivity index is 1.61.